The first-order chi connectivity index (χ1) is 12.9. The zero-order valence-corrected chi connectivity index (χ0v) is 21.7. The van der Waals surface area contributed by atoms with E-state index in [1.54, 1.807) is 6.92 Å². The minimum absolute atomic E-state index is 0.0271. The van der Waals surface area contributed by atoms with Crippen LogP contribution in [0.25, 0.3) is 0 Å². The highest BCUT2D eigenvalue weighted by Gasteiger charge is 2.64. The average Bonchev–Trinajstić information content (AvgIpc) is 2.50. The highest BCUT2D eigenvalue weighted by atomic mass is 79.9. The monoisotopic (exact) mass is 495 g/mol. The van der Waals surface area contributed by atoms with Gasteiger partial charge in [0.25, 0.3) is 0 Å². The summed E-state index contributed by atoms with van der Waals surface area (Å²) in [6.45, 7) is 18.8. The van der Waals surface area contributed by atoms with Crippen molar-refractivity contribution in [2.45, 2.75) is 95.9 Å². The Morgan fingerprint density at radius 2 is 1.86 bits per heavy atom. The van der Waals surface area contributed by atoms with Gasteiger partial charge in [-0.15, -0.1) is 0 Å². The number of hydrogen-bond donors (Lipinski definition) is 0. The molecule has 8 heteroatoms. The van der Waals surface area contributed by atoms with E-state index in [9.17, 15) is 13.6 Å². The van der Waals surface area contributed by atoms with Crippen molar-refractivity contribution in [1.82, 2.24) is 0 Å². The Kier molecular flexibility index (Phi) is 6.58. The SMILES string of the molecule is CCOC(=O)[C@H](N=C1C[C@@H]2C[C@@H](C2(C)C)[C@]1(C)O[Si](C)(C)C(C)(C)C)C(F)(F)Br. The number of carbonyl (C=O) groups excluding carboxylic acids is 1. The van der Waals surface area contributed by atoms with Gasteiger partial charge in [-0.3, -0.25) is 4.99 Å². The standard InChI is InChI=1S/C21H36BrF2NO3Si/c1-10-27-17(26)16(21(22,23)24)25-15-12-13-11-14(19(13,5)6)20(15,7)28-29(8,9)18(2,3)4/h13-14,16H,10-12H2,1-9H3/t13-,14-,16-,20-/m0/s1. The normalized spacial score (nSPS) is 31.9. The van der Waals surface area contributed by atoms with Crippen LogP contribution in [0.1, 0.15) is 61.3 Å². The maximum absolute atomic E-state index is 14.2. The Morgan fingerprint density at radius 3 is 2.28 bits per heavy atom. The topological polar surface area (TPSA) is 47.9 Å². The van der Waals surface area contributed by atoms with Crippen LogP contribution in [-0.4, -0.2) is 43.1 Å². The minimum Gasteiger partial charge on any atom is -0.464 e. The quantitative estimate of drug-likeness (QED) is 0.250. The number of alkyl halides is 3. The highest BCUT2D eigenvalue weighted by Crippen LogP contribution is 2.64. The molecule has 29 heavy (non-hydrogen) atoms. The summed E-state index contributed by atoms with van der Waals surface area (Å²) < 4.78 is 40.2. The van der Waals surface area contributed by atoms with E-state index in [0.717, 1.165) is 6.42 Å². The van der Waals surface area contributed by atoms with Gasteiger partial charge in [0.15, 0.2) is 8.32 Å². The average molecular weight is 497 g/mol. The summed E-state index contributed by atoms with van der Waals surface area (Å²) >= 11 is 2.35. The Bertz CT molecular complexity index is 684. The molecule has 4 atom stereocenters. The molecule has 168 valence electrons. The second kappa shape index (κ2) is 7.66. The Morgan fingerprint density at radius 1 is 1.31 bits per heavy atom. The molecule has 0 spiro atoms. The van der Waals surface area contributed by atoms with E-state index in [-0.39, 0.29) is 23.0 Å². The molecule has 2 bridgehead atoms. The maximum Gasteiger partial charge on any atom is 0.338 e. The van der Waals surface area contributed by atoms with Crippen LogP contribution < -0.4 is 0 Å². The van der Waals surface area contributed by atoms with Gasteiger partial charge >= 0.3 is 10.8 Å². The molecule has 0 radical (unpaired) electrons. The summed E-state index contributed by atoms with van der Waals surface area (Å²) in [5.41, 5.74) is -0.156. The van der Waals surface area contributed by atoms with Crippen LogP contribution in [0.3, 0.4) is 0 Å². The third-order valence-electron chi connectivity index (χ3n) is 7.53. The van der Waals surface area contributed by atoms with Crippen LogP contribution in [0.15, 0.2) is 4.99 Å². The molecule has 3 saturated carbocycles. The number of hydrogen-bond acceptors (Lipinski definition) is 4. The fourth-order valence-corrected chi connectivity index (χ4v) is 6.48. The van der Waals surface area contributed by atoms with Gasteiger partial charge in [0.2, 0.25) is 6.04 Å². The zero-order chi connectivity index (χ0) is 22.6. The lowest BCUT2D eigenvalue weighted by atomic mass is 9.44. The van der Waals surface area contributed by atoms with Gasteiger partial charge in [0.1, 0.15) is 0 Å². The number of fused-ring (bicyclic) bond motifs is 2. The van der Waals surface area contributed by atoms with Gasteiger partial charge < -0.3 is 9.16 Å². The molecule has 0 saturated heterocycles. The number of rotatable bonds is 6. The van der Waals surface area contributed by atoms with Crippen molar-refractivity contribution in [3.8, 4) is 0 Å². The number of ether oxygens (including phenoxy) is 1. The summed E-state index contributed by atoms with van der Waals surface area (Å²) in [5.74, 6) is -0.488. The van der Waals surface area contributed by atoms with Gasteiger partial charge in [0, 0.05) is 5.71 Å². The van der Waals surface area contributed by atoms with Gasteiger partial charge in [-0.1, -0.05) is 34.6 Å². The first-order valence-electron chi connectivity index (χ1n) is 10.4. The lowest BCUT2D eigenvalue weighted by Gasteiger charge is -2.66. The molecule has 0 N–H and O–H groups in total. The smallest absolute Gasteiger partial charge is 0.338 e. The number of nitrogens with zero attached hydrogens (tertiary/aromatic N) is 1. The highest BCUT2D eigenvalue weighted by molar-refractivity contribution is 9.10. The fourth-order valence-electron chi connectivity index (χ4n) is 4.56. The van der Waals surface area contributed by atoms with Crippen molar-refractivity contribution < 1.29 is 22.7 Å². The minimum atomic E-state index is -3.48. The summed E-state index contributed by atoms with van der Waals surface area (Å²) in [6, 6.07) is -1.92. The molecule has 3 aliphatic carbocycles. The van der Waals surface area contributed by atoms with Gasteiger partial charge in [-0.2, -0.15) is 8.78 Å². The second-order valence-electron chi connectivity index (χ2n) is 10.8. The maximum atomic E-state index is 14.2. The van der Waals surface area contributed by atoms with E-state index in [4.69, 9.17) is 9.16 Å². The van der Waals surface area contributed by atoms with Crippen LogP contribution in [-0.2, 0) is 14.0 Å². The largest absolute Gasteiger partial charge is 0.464 e. The first kappa shape index (κ1) is 24.9. The molecule has 0 aromatic carbocycles. The molecule has 4 nitrogen and oxygen atoms in total. The van der Waals surface area contributed by atoms with Gasteiger partial charge in [0.05, 0.1) is 12.2 Å². The molecule has 0 aromatic rings. The number of carbonyl (C=O) groups is 1. The third-order valence-corrected chi connectivity index (χ3v) is 12.5. The molecule has 3 rings (SSSR count). The summed E-state index contributed by atoms with van der Waals surface area (Å²) in [4.78, 5) is 13.1. The first-order valence-corrected chi connectivity index (χ1v) is 14.1. The third kappa shape index (κ3) is 4.49. The molecule has 3 fully saturated rings. The van der Waals surface area contributed by atoms with E-state index in [2.05, 4.69) is 68.6 Å². The molecule has 0 heterocycles. The lowest BCUT2D eigenvalue weighted by Crippen LogP contribution is -2.69. The number of aliphatic imine (C=N–C) groups is 1. The molecule has 0 amide bonds. The van der Waals surface area contributed by atoms with Crippen LogP contribution in [0.2, 0.25) is 18.1 Å². The molecule has 3 aliphatic rings. The zero-order valence-electron chi connectivity index (χ0n) is 19.2. The Labute approximate surface area is 183 Å². The second-order valence-corrected chi connectivity index (χ2v) is 16.5. The van der Waals surface area contributed by atoms with Crippen molar-refractivity contribution >= 4 is 35.9 Å². The number of halogens is 3. The molecular weight excluding hydrogens is 460 g/mol. The Balaban J connectivity index is 2.53. The Hall–Kier alpha value is -0.343. The van der Waals surface area contributed by atoms with Gasteiger partial charge in [-0.05, 0) is 78.0 Å². The molecule has 0 aliphatic heterocycles. The predicted octanol–water partition coefficient (Wildman–Crippen LogP) is 6.19. The van der Waals surface area contributed by atoms with Crippen LogP contribution in [0, 0.1) is 17.3 Å². The summed E-state index contributed by atoms with van der Waals surface area (Å²) in [7, 11) is -2.22. The van der Waals surface area contributed by atoms with E-state index in [1.807, 2.05) is 6.92 Å². The van der Waals surface area contributed by atoms with E-state index in [0.29, 0.717) is 18.1 Å². The van der Waals surface area contributed by atoms with E-state index < -0.39 is 30.8 Å². The fraction of sp³-hybridized carbons (Fsp3) is 0.905. The van der Waals surface area contributed by atoms with Crippen molar-refractivity contribution in [2.75, 3.05) is 6.61 Å². The lowest BCUT2D eigenvalue weighted by molar-refractivity contribution is -0.149. The van der Waals surface area contributed by atoms with Crippen LogP contribution >= 0.6 is 15.9 Å². The summed E-state index contributed by atoms with van der Waals surface area (Å²) in [5, 5.41) is -0.0360. The molecule has 0 aromatic heterocycles. The van der Waals surface area contributed by atoms with Crippen molar-refractivity contribution in [2.24, 2.45) is 22.2 Å². The summed E-state index contributed by atoms with van der Waals surface area (Å²) in [6.07, 6.45) is 1.56. The molecular formula is C21H36BrF2NO3Si. The van der Waals surface area contributed by atoms with Gasteiger partial charge in [-0.25, -0.2) is 4.79 Å². The van der Waals surface area contributed by atoms with Crippen molar-refractivity contribution in [3.05, 3.63) is 0 Å². The van der Waals surface area contributed by atoms with E-state index in [1.165, 1.54) is 0 Å². The van der Waals surface area contributed by atoms with Crippen molar-refractivity contribution in [3.63, 3.8) is 0 Å². The predicted molar refractivity (Wildman–Crippen MR) is 118 cm³/mol. The van der Waals surface area contributed by atoms with Crippen LogP contribution in [0.5, 0.6) is 0 Å². The van der Waals surface area contributed by atoms with Crippen LogP contribution in [0.4, 0.5) is 8.78 Å². The van der Waals surface area contributed by atoms with Crippen molar-refractivity contribution in [1.29, 1.82) is 0 Å². The van der Waals surface area contributed by atoms with E-state index >= 15 is 0 Å². The molecule has 0 unspecified atom stereocenters. The number of esters is 1.